The zero-order valence-corrected chi connectivity index (χ0v) is 9.63. The Labute approximate surface area is 100 Å². The standard InChI is InChI=1S/C12H17N3O2/c13-11(12(14)16)9-1-3-10(4-2-9)15-5-7-17-8-6-15/h1-4,11H,5-8,13H2,(H2,14,16)/t11-/m0/s1. The highest BCUT2D eigenvalue weighted by Gasteiger charge is 2.14. The van der Waals surface area contributed by atoms with E-state index in [2.05, 4.69) is 4.90 Å². The summed E-state index contributed by atoms with van der Waals surface area (Å²) in [5.41, 5.74) is 12.7. The Bertz CT molecular complexity index is 385. The van der Waals surface area contributed by atoms with E-state index in [0.717, 1.165) is 37.6 Å². The minimum absolute atomic E-state index is 0.510. The average Bonchev–Trinajstić information content (AvgIpc) is 2.39. The van der Waals surface area contributed by atoms with Crippen LogP contribution in [0.15, 0.2) is 24.3 Å². The van der Waals surface area contributed by atoms with Crippen molar-refractivity contribution >= 4 is 11.6 Å². The molecule has 1 heterocycles. The topological polar surface area (TPSA) is 81.6 Å². The summed E-state index contributed by atoms with van der Waals surface area (Å²) in [5.74, 6) is -0.510. The number of carbonyl (C=O) groups excluding carboxylic acids is 1. The van der Waals surface area contributed by atoms with Gasteiger partial charge in [-0.05, 0) is 17.7 Å². The summed E-state index contributed by atoms with van der Waals surface area (Å²) in [7, 11) is 0. The van der Waals surface area contributed by atoms with Crippen LogP contribution in [0, 0.1) is 0 Å². The molecule has 0 aliphatic carbocycles. The molecule has 5 heteroatoms. The van der Waals surface area contributed by atoms with Gasteiger partial charge in [-0.15, -0.1) is 0 Å². The lowest BCUT2D eigenvalue weighted by atomic mass is 10.1. The van der Waals surface area contributed by atoms with Crippen molar-refractivity contribution in [2.24, 2.45) is 11.5 Å². The van der Waals surface area contributed by atoms with Crippen molar-refractivity contribution in [2.75, 3.05) is 31.2 Å². The molecule has 0 aromatic heterocycles. The summed E-state index contributed by atoms with van der Waals surface area (Å²) >= 11 is 0. The van der Waals surface area contributed by atoms with E-state index in [1.54, 1.807) is 0 Å². The molecule has 1 aliphatic heterocycles. The Morgan fingerprint density at radius 3 is 2.35 bits per heavy atom. The molecule has 17 heavy (non-hydrogen) atoms. The number of benzene rings is 1. The lowest BCUT2D eigenvalue weighted by molar-refractivity contribution is -0.119. The van der Waals surface area contributed by atoms with Gasteiger partial charge in [0.05, 0.1) is 13.2 Å². The number of nitrogens with two attached hydrogens (primary N) is 2. The average molecular weight is 235 g/mol. The molecule has 0 radical (unpaired) electrons. The highest BCUT2D eigenvalue weighted by Crippen LogP contribution is 2.19. The molecule has 0 bridgehead atoms. The summed E-state index contributed by atoms with van der Waals surface area (Å²) in [5, 5.41) is 0. The number of hydrogen-bond donors (Lipinski definition) is 2. The molecular weight excluding hydrogens is 218 g/mol. The molecule has 2 rings (SSSR count). The van der Waals surface area contributed by atoms with Gasteiger partial charge in [0.2, 0.25) is 5.91 Å². The molecule has 5 nitrogen and oxygen atoms in total. The molecule has 1 saturated heterocycles. The minimum atomic E-state index is -0.728. The van der Waals surface area contributed by atoms with Crippen LogP contribution >= 0.6 is 0 Å². The maximum atomic E-state index is 11.0. The summed E-state index contributed by atoms with van der Waals surface area (Å²) < 4.78 is 5.29. The lowest BCUT2D eigenvalue weighted by Crippen LogP contribution is -2.36. The Morgan fingerprint density at radius 1 is 1.24 bits per heavy atom. The van der Waals surface area contributed by atoms with Crippen LogP contribution in [0.3, 0.4) is 0 Å². The second-order valence-corrected chi connectivity index (χ2v) is 4.07. The maximum absolute atomic E-state index is 11.0. The van der Waals surface area contributed by atoms with Gasteiger partial charge in [0.25, 0.3) is 0 Å². The maximum Gasteiger partial charge on any atom is 0.238 e. The third-order valence-electron chi connectivity index (χ3n) is 2.93. The molecule has 1 aromatic carbocycles. The Kier molecular flexibility index (Phi) is 3.61. The highest BCUT2D eigenvalue weighted by atomic mass is 16.5. The molecule has 1 aliphatic rings. The van der Waals surface area contributed by atoms with Crippen LogP contribution in [-0.2, 0) is 9.53 Å². The predicted molar refractivity (Wildman–Crippen MR) is 65.6 cm³/mol. The van der Waals surface area contributed by atoms with Gasteiger partial charge in [0.1, 0.15) is 6.04 Å². The second-order valence-electron chi connectivity index (χ2n) is 4.07. The Morgan fingerprint density at radius 2 is 1.82 bits per heavy atom. The SMILES string of the molecule is NC(=O)[C@@H](N)c1ccc(N2CCOCC2)cc1. The van der Waals surface area contributed by atoms with Crippen LogP contribution < -0.4 is 16.4 Å². The van der Waals surface area contributed by atoms with Crippen molar-refractivity contribution in [3.05, 3.63) is 29.8 Å². The van der Waals surface area contributed by atoms with Crippen LogP contribution in [0.2, 0.25) is 0 Å². The predicted octanol–water partition coefficient (Wildman–Crippen LogP) is 0.00830. The van der Waals surface area contributed by atoms with Crippen LogP contribution in [0.4, 0.5) is 5.69 Å². The second kappa shape index (κ2) is 5.16. The van der Waals surface area contributed by atoms with Gasteiger partial charge in [0, 0.05) is 18.8 Å². The first-order chi connectivity index (χ1) is 8.18. The van der Waals surface area contributed by atoms with Crippen molar-refractivity contribution in [3.63, 3.8) is 0 Å². The normalized spacial score (nSPS) is 17.8. The number of nitrogens with zero attached hydrogens (tertiary/aromatic N) is 1. The zero-order chi connectivity index (χ0) is 12.3. The number of primary amides is 1. The van der Waals surface area contributed by atoms with Gasteiger partial charge in [-0.3, -0.25) is 4.79 Å². The fraction of sp³-hybridized carbons (Fsp3) is 0.417. The van der Waals surface area contributed by atoms with E-state index >= 15 is 0 Å². The van der Waals surface area contributed by atoms with Crippen molar-refractivity contribution < 1.29 is 9.53 Å². The number of anilines is 1. The number of rotatable bonds is 3. The summed E-state index contributed by atoms with van der Waals surface area (Å²) in [6, 6.07) is 6.89. The van der Waals surface area contributed by atoms with Crippen molar-refractivity contribution in [1.29, 1.82) is 0 Å². The molecule has 1 atom stereocenters. The molecule has 0 unspecified atom stereocenters. The van der Waals surface area contributed by atoms with Gasteiger partial charge in [0.15, 0.2) is 0 Å². The van der Waals surface area contributed by atoms with E-state index in [1.807, 2.05) is 24.3 Å². The molecule has 4 N–H and O–H groups in total. The first-order valence-electron chi connectivity index (χ1n) is 5.66. The van der Waals surface area contributed by atoms with Gasteiger partial charge in [-0.25, -0.2) is 0 Å². The molecule has 1 aromatic rings. The lowest BCUT2D eigenvalue weighted by Gasteiger charge is -2.29. The number of amides is 1. The van der Waals surface area contributed by atoms with Gasteiger partial charge >= 0.3 is 0 Å². The molecule has 1 fully saturated rings. The van der Waals surface area contributed by atoms with E-state index in [-0.39, 0.29) is 0 Å². The Hall–Kier alpha value is -1.59. The van der Waals surface area contributed by atoms with Crippen LogP contribution in [0.1, 0.15) is 11.6 Å². The third-order valence-corrected chi connectivity index (χ3v) is 2.93. The van der Waals surface area contributed by atoms with Crippen LogP contribution in [0.5, 0.6) is 0 Å². The fourth-order valence-corrected chi connectivity index (χ4v) is 1.88. The van der Waals surface area contributed by atoms with Crippen molar-refractivity contribution in [3.8, 4) is 0 Å². The minimum Gasteiger partial charge on any atom is -0.378 e. The van der Waals surface area contributed by atoms with E-state index in [1.165, 1.54) is 0 Å². The van der Waals surface area contributed by atoms with Gasteiger partial charge < -0.3 is 21.1 Å². The van der Waals surface area contributed by atoms with Crippen molar-refractivity contribution in [2.45, 2.75) is 6.04 Å². The van der Waals surface area contributed by atoms with Gasteiger partial charge in [-0.2, -0.15) is 0 Å². The number of hydrogen-bond acceptors (Lipinski definition) is 4. The van der Waals surface area contributed by atoms with Crippen LogP contribution in [-0.4, -0.2) is 32.2 Å². The molecule has 0 saturated carbocycles. The van der Waals surface area contributed by atoms with E-state index < -0.39 is 11.9 Å². The fourth-order valence-electron chi connectivity index (χ4n) is 1.88. The molecule has 92 valence electrons. The third kappa shape index (κ3) is 2.75. The first kappa shape index (κ1) is 11.9. The number of carbonyl (C=O) groups is 1. The quantitative estimate of drug-likeness (QED) is 0.773. The summed E-state index contributed by atoms with van der Waals surface area (Å²) in [4.78, 5) is 13.2. The Balaban J connectivity index is 2.09. The molecular formula is C12H17N3O2. The first-order valence-corrected chi connectivity index (χ1v) is 5.66. The van der Waals surface area contributed by atoms with Gasteiger partial charge in [-0.1, -0.05) is 12.1 Å². The van der Waals surface area contributed by atoms with Crippen molar-refractivity contribution in [1.82, 2.24) is 0 Å². The van der Waals surface area contributed by atoms with E-state index in [9.17, 15) is 4.79 Å². The molecule has 0 spiro atoms. The number of ether oxygens (including phenoxy) is 1. The smallest absolute Gasteiger partial charge is 0.238 e. The van der Waals surface area contributed by atoms with E-state index in [0.29, 0.717) is 0 Å². The van der Waals surface area contributed by atoms with E-state index in [4.69, 9.17) is 16.2 Å². The highest BCUT2D eigenvalue weighted by molar-refractivity contribution is 5.81. The monoisotopic (exact) mass is 235 g/mol. The number of morpholine rings is 1. The van der Waals surface area contributed by atoms with Crippen LogP contribution in [0.25, 0.3) is 0 Å². The molecule has 1 amide bonds. The summed E-state index contributed by atoms with van der Waals surface area (Å²) in [6.45, 7) is 3.29. The zero-order valence-electron chi connectivity index (χ0n) is 9.63. The largest absolute Gasteiger partial charge is 0.378 e. The summed E-state index contributed by atoms with van der Waals surface area (Å²) in [6.07, 6.45) is 0.